The molecule has 1 unspecified atom stereocenters. The molecule has 6 nitrogen and oxygen atoms in total. The van der Waals surface area contributed by atoms with E-state index in [1.54, 1.807) is 43.0 Å². The van der Waals surface area contributed by atoms with E-state index in [0.29, 0.717) is 24.1 Å². The minimum absolute atomic E-state index is 0.200. The number of aliphatic hydroxyl groups is 1. The van der Waals surface area contributed by atoms with Gasteiger partial charge in [-0.15, -0.1) is 0 Å². The second kappa shape index (κ2) is 9.47. The van der Waals surface area contributed by atoms with Crippen molar-refractivity contribution >= 4 is 6.09 Å². The van der Waals surface area contributed by atoms with Gasteiger partial charge in [0.2, 0.25) is 0 Å². The van der Waals surface area contributed by atoms with E-state index in [-0.39, 0.29) is 18.3 Å². The van der Waals surface area contributed by atoms with E-state index >= 15 is 0 Å². The van der Waals surface area contributed by atoms with Crippen LogP contribution >= 0.6 is 0 Å². The van der Waals surface area contributed by atoms with Crippen LogP contribution in [0.1, 0.15) is 56.3 Å². The lowest BCUT2D eigenvalue weighted by molar-refractivity contribution is -0.101. The highest BCUT2D eigenvalue weighted by Crippen LogP contribution is 2.42. The predicted octanol–water partition coefficient (Wildman–Crippen LogP) is 5.72. The number of rotatable bonds is 6. The number of benzene rings is 2. The molecule has 3 aromatic rings. The first-order valence-corrected chi connectivity index (χ1v) is 11.5. The molecule has 1 aliphatic rings. The van der Waals surface area contributed by atoms with Gasteiger partial charge in [-0.25, -0.2) is 9.18 Å². The molecule has 2 atom stereocenters. The lowest BCUT2D eigenvalue weighted by Gasteiger charge is -2.45. The fourth-order valence-corrected chi connectivity index (χ4v) is 4.65. The van der Waals surface area contributed by atoms with E-state index in [0.717, 1.165) is 16.8 Å². The molecule has 0 bridgehead atoms. The zero-order valence-electron chi connectivity index (χ0n) is 20.0. The first kappa shape index (κ1) is 24.4. The van der Waals surface area contributed by atoms with Crippen molar-refractivity contribution in [1.82, 2.24) is 9.88 Å². The Morgan fingerprint density at radius 2 is 1.86 bits per heavy atom. The van der Waals surface area contributed by atoms with Crippen molar-refractivity contribution in [3.05, 3.63) is 89.4 Å². The van der Waals surface area contributed by atoms with E-state index in [4.69, 9.17) is 10.00 Å². The summed E-state index contributed by atoms with van der Waals surface area (Å²) in [6, 6.07) is 19.0. The second-order valence-corrected chi connectivity index (χ2v) is 9.64. The molecule has 1 aromatic heterocycles. The van der Waals surface area contributed by atoms with Crippen molar-refractivity contribution in [3.8, 4) is 17.3 Å². The maximum atomic E-state index is 13.5. The van der Waals surface area contributed by atoms with Crippen molar-refractivity contribution in [2.75, 3.05) is 6.54 Å². The molecular formula is C28H28FN3O3. The summed E-state index contributed by atoms with van der Waals surface area (Å²) in [5, 5.41) is 19.5. The van der Waals surface area contributed by atoms with Gasteiger partial charge in [-0.2, -0.15) is 5.26 Å². The normalized spacial score (nSPS) is 19.1. The van der Waals surface area contributed by atoms with Crippen LogP contribution in [0.3, 0.4) is 0 Å². The van der Waals surface area contributed by atoms with E-state index in [1.807, 2.05) is 31.2 Å². The third-order valence-electron chi connectivity index (χ3n) is 6.41. The number of aromatic nitrogens is 1. The van der Waals surface area contributed by atoms with E-state index in [1.165, 1.54) is 18.3 Å². The van der Waals surface area contributed by atoms with Crippen LogP contribution in [-0.4, -0.2) is 33.2 Å². The number of hydrogen-bond donors (Lipinski definition) is 1. The van der Waals surface area contributed by atoms with Gasteiger partial charge in [-0.1, -0.05) is 36.4 Å². The molecule has 0 spiro atoms. The number of cyclic esters (lactones) is 1. The maximum Gasteiger partial charge on any atom is 0.411 e. The number of ether oxygens (including phenoxy) is 1. The van der Waals surface area contributed by atoms with E-state index < -0.39 is 17.3 Å². The molecule has 1 aliphatic heterocycles. The molecule has 7 heteroatoms. The number of carbonyl (C=O) groups excluding carboxylic acids is 1. The lowest BCUT2D eigenvalue weighted by Crippen LogP contribution is -2.51. The van der Waals surface area contributed by atoms with Gasteiger partial charge in [0.1, 0.15) is 17.5 Å². The number of nitriles is 1. The van der Waals surface area contributed by atoms with E-state index in [9.17, 15) is 14.3 Å². The Morgan fingerprint density at radius 1 is 1.17 bits per heavy atom. The average Bonchev–Trinajstić information content (AvgIpc) is 2.83. The fourth-order valence-electron chi connectivity index (χ4n) is 4.65. The van der Waals surface area contributed by atoms with Gasteiger partial charge in [0, 0.05) is 31.1 Å². The third kappa shape index (κ3) is 5.33. The van der Waals surface area contributed by atoms with Gasteiger partial charge >= 0.3 is 6.09 Å². The van der Waals surface area contributed by atoms with Gasteiger partial charge in [0.05, 0.1) is 22.9 Å². The van der Waals surface area contributed by atoms with Gasteiger partial charge < -0.3 is 14.7 Å². The number of nitrogens with zero attached hydrogens (tertiary/aromatic N) is 3. The Kier molecular flexibility index (Phi) is 6.60. The minimum atomic E-state index is -1.09. The first-order valence-electron chi connectivity index (χ1n) is 11.5. The molecule has 0 aliphatic carbocycles. The molecule has 0 radical (unpaired) electrons. The lowest BCUT2D eigenvalue weighted by atomic mass is 9.80. The van der Waals surface area contributed by atoms with Crippen LogP contribution in [0.15, 0.2) is 66.9 Å². The molecule has 35 heavy (non-hydrogen) atoms. The molecule has 0 saturated carbocycles. The molecule has 4 rings (SSSR count). The Bertz CT molecular complexity index is 1230. The van der Waals surface area contributed by atoms with Crippen molar-refractivity contribution in [2.24, 2.45) is 0 Å². The Labute approximate surface area is 204 Å². The van der Waals surface area contributed by atoms with Crippen LogP contribution in [0.2, 0.25) is 0 Å². The number of hydrogen-bond acceptors (Lipinski definition) is 5. The molecule has 2 heterocycles. The molecule has 1 fully saturated rings. The van der Waals surface area contributed by atoms with Crippen LogP contribution in [0, 0.1) is 17.1 Å². The summed E-state index contributed by atoms with van der Waals surface area (Å²) in [4.78, 5) is 19.2. The van der Waals surface area contributed by atoms with Crippen molar-refractivity contribution in [3.63, 3.8) is 0 Å². The molecule has 180 valence electrons. The first-order chi connectivity index (χ1) is 16.6. The summed E-state index contributed by atoms with van der Waals surface area (Å²) in [5.41, 5.74) is 1.66. The third-order valence-corrected chi connectivity index (χ3v) is 6.41. The standard InChI is InChI=1S/C28H28FN3O3/c1-19(21-5-7-22(8-6-21)25-13-4-20(16-30)17-31-25)32-15-14-28(35-26(32)33,18-27(2,3)34)23-9-11-24(29)12-10-23/h4-13,17,19,34H,14-15,18H2,1-3H3/t19-,28?/m0/s1. The zero-order chi connectivity index (χ0) is 25.2. The quantitative estimate of drug-likeness (QED) is 0.495. The SMILES string of the molecule is C[C@@H](c1ccc(-c2ccc(C#N)cn2)cc1)N1CCC(CC(C)(C)O)(c2ccc(F)cc2)OC1=O. The van der Waals surface area contributed by atoms with Crippen LogP contribution in [0.25, 0.3) is 11.3 Å². The Balaban J connectivity index is 1.53. The molecule has 1 N–H and O–H groups in total. The highest BCUT2D eigenvalue weighted by molar-refractivity contribution is 5.70. The number of pyridine rings is 1. The van der Waals surface area contributed by atoms with Gasteiger partial charge in [-0.05, 0) is 56.2 Å². The fraction of sp³-hybridized carbons (Fsp3) is 0.321. The number of halogens is 1. The largest absolute Gasteiger partial charge is 0.438 e. The van der Waals surface area contributed by atoms with Crippen LogP contribution in [-0.2, 0) is 10.3 Å². The smallest absolute Gasteiger partial charge is 0.411 e. The summed E-state index contributed by atoms with van der Waals surface area (Å²) >= 11 is 0. The van der Waals surface area contributed by atoms with Gasteiger partial charge in [-0.3, -0.25) is 4.98 Å². The average molecular weight is 474 g/mol. The Morgan fingerprint density at radius 3 is 2.40 bits per heavy atom. The summed E-state index contributed by atoms with van der Waals surface area (Å²) in [6.45, 7) is 5.71. The summed E-state index contributed by atoms with van der Waals surface area (Å²) < 4.78 is 19.6. The number of carbonyl (C=O) groups is 1. The summed E-state index contributed by atoms with van der Waals surface area (Å²) in [5.74, 6) is -0.371. The van der Waals surface area contributed by atoms with Crippen molar-refractivity contribution < 1.29 is 19.0 Å². The van der Waals surface area contributed by atoms with Crippen LogP contribution in [0.5, 0.6) is 0 Å². The van der Waals surface area contributed by atoms with Crippen molar-refractivity contribution in [2.45, 2.75) is 50.9 Å². The zero-order valence-corrected chi connectivity index (χ0v) is 20.0. The highest BCUT2D eigenvalue weighted by atomic mass is 19.1. The monoisotopic (exact) mass is 473 g/mol. The number of amides is 1. The maximum absolute atomic E-state index is 13.5. The predicted molar refractivity (Wildman–Crippen MR) is 130 cm³/mol. The van der Waals surface area contributed by atoms with Crippen LogP contribution in [0.4, 0.5) is 9.18 Å². The minimum Gasteiger partial charge on any atom is -0.438 e. The molecular weight excluding hydrogens is 445 g/mol. The second-order valence-electron chi connectivity index (χ2n) is 9.64. The van der Waals surface area contributed by atoms with Crippen LogP contribution < -0.4 is 0 Å². The Hall–Kier alpha value is -3.76. The highest BCUT2D eigenvalue weighted by Gasteiger charge is 2.46. The van der Waals surface area contributed by atoms with E-state index in [2.05, 4.69) is 11.1 Å². The van der Waals surface area contributed by atoms with Gasteiger partial charge in [0.25, 0.3) is 0 Å². The summed E-state index contributed by atoms with van der Waals surface area (Å²) in [6.07, 6.45) is 1.73. The molecule has 2 aromatic carbocycles. The van der Waals surface area contributed by atoms with Gasteiger partial charge in [0.15, 0.2) is 0 Å². The topological polar surface area (TPSA) is 86.5 Å². The molecule has 1 saturated heterocycles. The molecule has 1 amide bonds. The summed E-state index contributed by atoms with van der Waals surface area (Å²) in [7, 11) is 0. The van der Waals surface area contributed by atoms with Crippen molar-refractivity contribution in [1.29, 1.82) is 5.26 Å².